The van der Waals surface area contributed by atoms with Crippen molar-refractivity contribution in [1.82, 2.24) is 0 Å². The first kappa shape index (κ1) is 13.0. The van der Waals surface area contributed by atoms with Crippen LogP contribution in [0.1, 0.15) is 16.7 Å². The normalized spacial score (nSPS) is 11.1. The molecule has 0 saturated heterocycles. The Morgan fingerprint density at radius 2 is 1.52 bits per heavy atom. The summed E-state index contributed by atoms with van der Waals surface area (Å²) in [6, 6.07) is 16.2. The van der Waals surface area contributed by atoms with Crippen molar-refractivity contribution in [2.24, 2.45) is 0 Å². The molecule has 0 aromatic heterocycles. The van der Waals surface area contributed by atoms with Gasteiger partial charge in [0.05, 0.1) is 0 Å². The fourth-order valence-corrected chi connectivity index (χ4v) is 2.79. The number of anilines is 1. The fraction of sp³-hybridized carbons (Fsp3) is 0.111. The molecule has 2 aromatic rings. The lowest BCUT2D eigenvalue weighted by Crippen LogP contribution is -1.91. The molecule has 0 aliphatic heterocycles. The van der Waals surface area contributed by atoms with Gasteiger partial charge < -0.3 is 5.32 Å². The summed E-state index contributed by atoms with van der Waals surface area (Å²) in [6.45, 7) is 2.01. The lowest BCUT2D eigenvalue weighted by Gasteiger charge is -2.05. The first-order chi connectivity index (χ1) is 10.2. The van der Waals surface area contributed by atoms with Crippen molar-refractivity contribution in [3.63, 3.8) is 0 Å². The van der Waals surface area contributed by atoms with Gasteiger partial charge in [-0.25, -0.2) is 0 Å². The average Bonchev–Trinajstić information content (AvgIpc) is 2.82. The molecule has 3 rings (SSSR count). The molecule has 2 aromatic carbocycles. The summed E-state index contributed by atoms with van der Waals surface area (Å²) < 4.78 is 0. The highest BCUT2D eigenvalue weighted by Crippen LogP contribution is 2.46. The van der Waals surface area contributed by atoms with Crippen LogP contribution in [0.3, 0.4) is 0 Å². The van der Waals surface area contributed by atoms with E-state index in [1.807, 2.05) is 50.4 Å². The molecule has 1 aliphatic rings. The van der Waals surface area contributed by atoms with Crippen LogP contribution < -0.4 is 5.32 Å². The Morgan fingerprint density at radius 3 is 2.14 bits per heavy atom. The van der Waals surface area contributed by atoms with E-state index in [2.05, 4.69) is 17.4 Å². The van der Waals surface area contributed by atoms with Gasteiger partial charge in [0.25, 0.3) is 0 Å². The summed E-state index contributed by atoms with van der Waals surface area (Å²) in [7, 11) is 1.85. The van der Waals surface area contributed by atoms with E-state index >= 15 is 0 Å². The van der Waals surface area contributed by atoms with Crippen LogP contribution in [0.15, 0.2) is 42.0 Å². The van der Waals surface area contributed by atoms with Gasteiger partial charge in [-0.1, -0.05) is 29.8 Å². The molecule has 0 amide bonds. The summed E-state index contributed by atoms with van der Waals surface area (Å²) in [5, 5.41) is 21.7. The van der Waals surface area contributed by atoms with E-state index in [4.69, 9.17) is 0 Å². The Labute approximate surface area is 123 Å². The van der Waals surface area contributed by atoms with Gasteiger partial charge >= 0.3 is 0 Å². The van der Waals surface area contributed by atoms with E-state index in [-0.39, 0.29) is 5.57 Å². The Balaban J connectivity index is 2.42. The number of nitriles is 2. The molecule has 100 valence electrons. The number of fused-ring (bicyclic) bond motifs is 3. The first-order valence-electron chi connectivity index (χ1n) is 6.67. The minimum atomic E-state index is 0.161. The number of benzene rings is 2. The molecule has 0 bridgehead atoms. The van der Waals surface area contributed by atoms with Crippen LogP contribution in [-0.2, 0) is 0 Å². The quantitative estimate of drug-likeness (QED) is 0.683. The third kappa shape index (κ3) is 1.88. The number of allylic oxidation sites excluding steroid dienone is 1. The van der Waals surface area contributed by atoms with Crippen LogP contribution in [-0.4, -0.2) is 7.05 Å². The standard InChI is InChI=1S/C18H13N3/c1-11-3-5-14-15-6-4-13(21-2)8-17(15)18(16(14)7-11)12(9-19)10-20/h3-8,21H,1-2H3. The van der Waals surface area contributed by atoms with Crippen molar-refractivity contribution in [2.45, 2.75) is 6.92 Å². The van der Waals surface area contributed by atoms with Crippen molar-refractivity contribution in [3.8, 4) is 23.3 Å². The van der Waals surface area contributed by atoms with Gasteiger partial charge in [0.1, 0.15) is 17.7 Å². The van der Waals surface area contributed by atoms with Gasteiger partial charge in [0, 0.05) is 18.3 Å². The maximum atomic E-state index is 9.29. The number of nitrogens with one attached hydrogen (secondary N) is 1. The topological polar surface area (TPSA) is 59.6 Å². The van der Waals surface area contributed by atoms with Crippen molar-refractivity contribution in [3.05, 3.63) is 58.7 Å². The maximum Gasteiger partial charge on any atom is 0.138 e. The molecule has 1 N–H and O–H groups in total. The summed E-state index contributed by atoms with van der Waals surface area (Å²) in [5.41, 5.74) is 7.05. The summed E-state index contributed by atoms with van der Waals surface area (Å²) in [5.74, 6) is 0. The van der Waals surface area contributed by atoms with E-state index < -0.39 is 0 Å². The van der Waals surface area contributed by atoms with Crippen LogP contribution in [0.4, 0.5) is 5.69 Å². The van der Waals surface area contributed by atoms with Crippen LogP contribution >= 0.6 is 0 Å². The van der Waals surface area contributed by atoms with E-state index in [1.165, 1.54) is 0 Å². The summed E-state index contributed by atoms with van der Waals surface area (Å²) in [4.78, 5) is 0. The Bertz CT molecular complexity index is 845. The van der Waals surface area contributed by atoms with Crippen molar-refractivity contribution < 1.29 is 0 Å². The number of hydrogen-bond donors (Lipinski definition) is 1. The molecule has 0 atom stereocenters. The van der Waals surface area contributed by atoms with Gasteiger partial charge in [0.2, 0.25) is 0 Å². The van der Waals surface area contributed by atoms with Gasteiger partial charge in [-0.15, -0.1) is 0 Å². The molecule has 0 fully saturated rings. The summed E-state index contributed by atoms with van der Waals surface area (Å²) >= 11 is 0. The number of aryl methyl sites for hydroxylation is 1. The minimum absolute atomic E-state index is 0.161. The van der Waals surface area contributed by atoms with Gasteiger partial charge in [-0.2, -0.15) is 10.5 Å². The molecular weight excluding hydrogens is 258 g/mol. The van der Waals surface area contributed by atoms with Crippen molar-refractivity contribution in [2.75, 3.05) is 12.4 Å². The predicted octanol–water partition coefficient (Wildman–Crippen LogP) is 3.87. The monoisotopic (exact) mass is 271 g/mol. The zero-order valence-corrected chi connectivity index (χ0v) is 11.9. The molecule has 3 nitrogen and oxygen atoms in total. The van der Waals surface area contributed by atoms with Crippen molar-refractivity contribution >= 4 is 11.3 Å². The third-order valence-electron chi connectivity index (χ3n) is 3.79. The SMILES string of the molecule is CNc1ccc2c(c1)C(=C(C#N)C#N)c1cc(C)ccc1-2. The largest absolute Gasteiger partial charge is 0.388 e. The van der Waals surface area contributed by atoms with Crippen LogP contribution in [0.2, 0.25) is 0 Å². The summed E-state index contributed by atoms with van der Waals surface area (Å²) in [6.07, 6.45) is 0. The second-order valence-electron chi connectivity index (χ2n) is 5.03. The van der Waals surface area contributed by atoms with E-state index in [0.29, 0.717) is 0 Å². The fourth-order valence-electron chi connectivity index (χ4n) is 2.79. The van der Waals surface area contributed by atoms with E-state index in [9.17, 15) is 10.5 Å². The second-order valence-corrected chi connectivity index (χ2v) is 5.03. The lowest BCUT2D eigenvalue weighted by atomic mass is 9.98. The zero-order valence-electron chi connectivity index (χ0n) is 11.9. The smallest absolute Gasteiger partial charge is 0.138 e. The number of hydrogen-bond acceptors (Lipinski definition) is 3. The molecule has 0 spiro atoms. The molecule has 21 heavy (non-hydrogen) atoms. The first-order valence-corrected chi connectivity index (χ1v) is 6.67. The van der Waals surface area contributed by atoms with Gasteiger partial charge in [-0.05, 0) is 41.3 Å². The van der Waals surface area contributed by atoms with Gasteiger partial charge in [-0.3, -0.25) is 0 Å². The van der Waals surface area contributed by atoms with Crippen molar-refractivity contribution in [1.29, 1.82) is 10.5 Å². The Kier molecular flexibility index (Phi) is 2.97. The molecular formula is C18H13N3. The Hall–Kier alpha value is -3.04. The van der Waals surface area contributed by atoms with Crippen LogP contribution in [0.25, 0.3) is 16.7 Å². The average molecular weight is 271 g/mol. The minimum Gasteiger partial charge on any atom is -0.388 e. The highest BCUT2D eigenvalue weighted by atomic mass is 14.8. The highest BCUT2D eigenvalue weighted by molar-refractivity contribution is 6.04. The van der Waals surface area contributed by atoms with Gasteiger partial charge in [0.15, 0.2) is 0 Å². The van der Waals surface area contributed by atoms with E-state index in [0.717, 1.165) is 39.1 Å². The molecule has 0 saturated carbocycles. The third-order valence-corrected chi connectivity index (χ3v) is 3.79. The number of nitrogens with zero attached hydrogens (tertiary/aromatic N) is 2. The van der Waals surface area contributed by atoms with Crippen LogP contribution in [0.5, 0.6) is 0 Å². The zero-order chi connectivity index (χ0) is 15.0. The highest BCUT2D eigenvalue weighted by Gasteiger charge is 2.26. The molecule has 0 heterocycles. The van der Waals surface area contributed by atoms with Crippen LogP contribution in [0, 0.1) is 29.6 Å². The Morgan fingerprint density at radius 1 is 0.905 bits per heavy atom. The number of rotatable bonds is 1. The molecule has 0 unspecified atom stereocenters. The molecule has 3 heteroatoms. The maximum absolute atomic E-state index is 9.29. The molecule has 1 aliphatic carbocycles. The van der Waals surface area contributed by atoms with E-state index in [1.54, 1.807) is 0 Å². The second kappa shape index (κ2) is 4.81. The lowest BCUT2D eigenvalue weighted by molar-refractivity contribution is 1.44. The predicted molar refractivity (Wildman–Crippen MR) is 83.4 cm³/mol. The molecule has 0 radical (unpaired) electrons.